The summed E-state index contributed by atoms with van der Waals surface area (Å²) in [6.45, 7) is 7.82. The monoisotopic (exact) mass is 414 g/mol. The van der Waals surface area contributed by atoms with Crippen LogP contribution in [-0.4, -0.2) is 35.6 Å². The Labute approximate surface area is 177 Å². The van der Waals surface area contributed by atoms with E-state index in [-0.39, 0.29) is 30.4 Å². The van der Waals surface area contributed by atoms with Crippen molar-refractivity contribution in [2.75, 3.05) is 24.1 Å². The first-order valence-electron chi connectivity index (χ1n) is 9.97. The number of anilines is 2. The Hall–Kier alpha value is -3.16. The van der Waals surface area contributed by atoms with Gasteiger partial charge in [-0.05, 0) is 30.0 Å². The van der Waals surface area contributed by atoms with Crippen molar-refractivity contribution in [1.29, 1.82) is 0 Å². The average molecular weight is 415 g/mol. The zero-order valence-electron chi connectivity index (χ0n) is 18.2. The molecule has 0 aliphatic rings. The summed E-state index contributed by atoms with van der Waals surface area (Å²) in [7, 11) is 1.52. The number of pyridine rings is 2. The number of carbonyl (C=O) groups excluding carboxylic acids is 2. The maximum Gasteiger partial charge on any atom is 0.230 e. The van der Waals surface area contributed by atoms with Crippen molar-refractivity contribution in [3.05, 3.63) is 36.8 Å². The average Bonchev–Trinajstić information content (AvgIpc) is 2.68. The van der Waals surface area contributed by atoms with Crippen molar-refractivity contribution < 1.29 is 19.1 Å². The van der Waals surface area contributed by atoms with Crippen LogP contribution < -0.4 is 19.7 Å². The van der Waals surface area contributed by atoms with Crippen LogP contribution in [-0.2, 0) is 9.59 Å². The van der Waals surface area contributed by atoms with Crippen molar-refractivity contribution in [3.63, 3.8) is 0 Å². The van der Waals surface area contributed by atoms with Gasteiger partial charge in [0.15, 0.2) is 24.0 Å². The summed E-state index contributed by atoms with van der Waals surface area (Å²) in [6.07, 6.45) is 5.44. The van der Waals surface area contributed by atoms with Gasteiger partial charge in [0.1, 0.15) is 0 Å². The van der Waals surface area contributed by atoms with Gasteiger partial charge in [-0.15, -0.1) is 0 Å². The second kappa shape index (κ2) is 11.1. The Morgan fingerprint density at radius 2 is 1.80 bits per heavy atom. The number of amides is 2. The Morgan fingerprint density at radius 1 is 1.07 bits per heavy atom. The summed E-state index contributed by atoms with van der Waals surface area (Å²) < 4.78 is 11.3. The van der Waals surface area contributed by atoms with Crippen LogP contribution in [0.2, 0.25) is 0 Å². The summed E-state index contributed by atoms with van der Waals surface area (Å²) >= 11 is 0. The smallest absolute Gasteiger partial charge is 0.230 e. The number of nitrogens with one attached hydrogen (secondary N) is 1. The van der Waals surface area contributed by atoms with Crippen molar-refractivity contribution >= 4 is 23.3 Å². The predicted molar refractivity (Wildman–Crippen MR) is 116 cm³/mol. The first-order valence-corrected chi connectivity index (χ1v) is 9.97. The second-order valence-corrected chi connectivity index (χ2v) is 7.74. The Bertz CT molecular complexity index is 855. The quantitative estimate of drug-likeness (QED) is 0.593. The van der Waals surface area contributed by atoms with Crippen LogP contribution in [0, 0.1) is 11.8 Å². The number of aromatic nitrogens is 2. The summed E-state index contributed by atoms with van der Waals surface area (Å²) in [6, 6.07) is 5.11. The van der Waals surface area contributed by atoms with Crippen LogP contribution in [0.25, 0.3) is 0 Å². The van der Waals surface area contributed by atoms with E-state index in [4.69, 9.17) is 9.47 Å². The minimum Gasteiger partial charge on any atom is -0.493 e. The lowest BCUT2D eigenvalue weighted by atomic mass is 10.1. The lowest BCUT2D eigenvalue weighted by molar-refractivity contribution is -0.120. The highest BCUT2D eigenvalue weighted by Crippen LogP contribution is 2.29. The maximum absolute atomic E-state index is 12.9. The molecule has 0 saturated carbocycles. The van der Waals surface area contributed by atoms with E-state index in [2.05, 4.69) is 15.3 Å². The van der Waals surface area contributed by atoms with Crippen LogP contribution in [0.4, 0.5) is 11.5 Å². The first kappa shape index (κ1) is 23.1. The van der Waals surface area contributed by atoms with Gasteiger partial charge >= 0.3 is 0 Å². The van der Waals surface area contributed by atoms with Crippen molar-refractivity contribution in [2.45, 2.75) is 40.5 Å². The van der Waals surface area contributed by atoms with E-state index in [0.29, 0.717) is 35.8 Å². The van der Waals surface area contributed by atoms with Gasteiger partial charge in [0.05, 0.1) is 19.0 Å². The van der Waals surface area contributed by atoms with E-state index in [1.54, 1.807) is 36.8 Å². The number of rotatable bonds is 10. The number of hydrogen-bond acceptors (Lipinski definition) is 6. The molecule has 0 fully saturated rings. The molecule has 0 aliphatic carbocycles. The van der Waals surface area contributed by atoms with E-state index in [0.717, 1.165) is 0 Å². The maximum atomic E-state index is 12.9. The molecule has 1 N–H and O–H groups in total. The first-order chi connectivity index (χ1) is 14.3. The van der Waals surface area contributed by atoms with Crippen LogP contribution in [0.1, 0.15) is 40.5 Å². The third kappa shape index (κ3) is 6.72. The molecule has 2 heterocycles. The molecular weight excluding hydrogens is 384 g/mol. The largest absolute Gasteiger partial charge is 0.493 e. The normalized spacial score (nSPS) is 10.8. The van der Waals surface area contributed by atoms with Gasteiger partial charge in [0.25, 0.3) is 0 Å². The molecule has 0 bridgehead atoms. The minimum atomic E-state index is -0.142. The van der Waals surface area contributed by atoms with Crippen LogP contribution in [0.15, 0.2) is 36.8 Å². The highest BCUT2D eigenvalue weighted by molar-refractivity contribution is 5.95. The van der Waals surface area contributed by atoms with E-state index < -0.39 is 0 Å². The van der Waals surface area contributed by atoms with Crippen molar-refractivity contribution in [2.24, 2.45) is 11.8 Å². The molecule has 30 heavy (non-hydrogen) atoms. The van der Waals surface area contributed by atoms with E-state index >= 15 is 0 Å². The second-order valence-electron chi connectivity index (χ2n) is 7.74. The molecule has 0 aromatic carbocycles. The molecule has 0 saturated heterocycles. The number of hydrogen-bond donors (Lipinski definition) is 1. The fourth-order valence-electron chi connectivity index (χ4n) is 2.78. The molecule has 2 rings (SSSR count). The van der Waals surface area contributed by atoms with Gasteiger partial charge in [-0.25, -0.2) is 4.98 Å². The Morgan fingerprint density at radius 3 is 2.47 bits per heavy atom. The molecule has 0 spiro atoms. The van der Waals surface area contributed by atoms with Gasteiger partial charge in [-0.1, -0.05) is 27.7 Å². The molecule has 2 amide bonds. The number of carbonyl (C=O) groups is 2. The van der Waals surface area contributed by atoms with Crippen LogP contribution in [0.3, 0.4) is 0 Å². The molecule has 8 nitrogen and oxygen atoms in total. The fourth-order valence-corrected chi connectivity index (χ4v) is 2.78. The van der Waals surface area contributed by atoms with E-state index in [1.807, 2.05) is 27.7 Å². The molecule has 2 aromatic heterocycles. The van der Waals surface area contributed by atoms with E-state index in [1.165, 1.54) is 12.0 Å². The summed E-state index contributed by atoms with van der Waals surface area (Å²) in [5.41, 5.74) is 0.562. The molecule has 0 unspecified atom stereocenters. The number of methoxy groups -OCH3 is 1. The molecule has 0 atom stereocenters. The third-order valence-electron chi connectivity index (χ3n) is 4.13. The Balaban J connectivity index is 2.23. The Kier molecular flexibility index (Phi) is 8.58. The van der Waals surface area contributed by atoms with E-state index in [9.17, 15) is 9.59 Å². The molecule has 0 aliphatic heterocycles. The summed E-state index contributed by atoms with van der Waals surface area (Å²) in [5.74, 6) is 1.32. The standard InChI is InChI=1S/C22H30N4O4/c1-15(2)11-20(27)25-22-18(7-6-9-24-22)30-14-26(21(28)12-16(3)4)17-8-10-23-13-19(17)29-5/h6-10,13,15-16H,11-12,14H2,1-5H3,(H,24,25,27). The van der Waals surface area contributed by atoms with Gasteiger partial charge < -0.3 is 14.8 Å². The molecule has 162 valence electrons. The summed E-state index contributed by atoms with van der Waals surface area (Å²) in [4.78, 5) is 34.8. The minimum absolute atomic E-state index is 0.0648. The molecule has 0 radical (unpaired) electrons. The summed E-state index contributed by atoms with van der Waals surface area (Å²) in [5, 5.41) is 2.78. The fraction of sp³-hybridized carbons (Fsp3) is 0.455. The van der Waals surface area contributed by atoms with Crippen LogP contribution in [0.5, 0.6) is 11.5 Å². The van der Waals surface area contributed by atoms with Crippen LogP contribution >= 0.6 is 0 Å². The van der Waals surface area contributed by atoms with Crippen molar-refractivity contribution in [3.8, 4) is 11.5 Å². The lowest BCUT2D eigenvalue weighted by Gasteiger charge is -2.25. The predicted octanol–water partition coefficient (Wildman–Crippen LogP) is 3.89. The zero-order valence-corrected chi connectivity index (χ0v) is 18.2. The van der Waals surface area contributed by atoms with Gasteiger partial charge in [0.2, 0.25) is 11.8 Å². The highest BCUT2D eigenvalue weighted by Gasteiger charge is 2.22. The number of ether oxygens (including phenoxy) is 2. The molecular formula is C22H30N4O4. The zero-order chi connectivity index (χ0) is 22.1. The van der Waals surface area contributed by atoms with Crippen molar-refractivity contribution in [1.82, 2.24) is 9.97 Å². The SMILES string of the molecule is COc1cnccc1N(COc1cccnc1NC(=O)CC(C)C)C(=O)CC(C)C. The van der Waals surface area contributed by atoms with Gasteiger partial charge in [0, 0.05) is 25.2 Å². The number of nitrogens with zero attached hydrogens (tertiary/aromatic N) is 3. The molecule has 8 heteroatoms. The molecule has 2 aromatic rings. The van der Waals surface area contributed by atoms with Gasteiger partial charge in [-0.2, -0.15) is 0 Å². The highest BCUT2D eigenvalue weighted by atomic mass is 16.5. The lowest BCUT2D eigenvalue weighted by Crippen LogP contribution is -2.35. The topological polar surface area (TPSA) is 93.7 Å². The van der Waals surface area contributed by atoms with Gasteiger partial charge in [-0.3, -0.25) is 19.5 Å². The third-order valence-corrected chi connectivity index (χ3v) is 4.13.